The van der Waals surface area contributed by atoms with Gasteiger partial charge in [-0.1, -0.05) is 11.6 Å². The van der Waals surface area contributed by atoms with E-state index in [4.69, 9.17) is 17.3 Å². The molecular formula is C17H15ClN4O4. The lowest BCUT2D eigenvalue weighted by atomic mass is 10.1. The molecule has 3 amide bonds. The Kier molecular flexibility index (Phi) is 4.29. The fourth-order valence-corrected chi connectivity index (χ4v) is 2.90. The summed E-state index contributed by atoms with van der Waals surface area (Å²) in [5, 5.41) is 4.98. The number of nitrogens with one attached hydrogen (secondary N) is 2. The van der Waals surface area contributed by atoms with Gasteiger partial charge in [0.1, 0.15) is 5.82 Å². The SMILES string of the molecule is CC(C)NC(=O)c1ccc(Cl)c(-n2c(N)c3c(cc2=O)C(=O)NC3=O)c1. The van der Waals surface area contributed by atoms with Crippen molar-refractivity contribution in [1.82, 2.24) is 15.2 Å². The Morgan fingerprint density at radius 3 is 2.54 bits per heavy atom. The van der Waals surface area contributed by atoms with E-state index in [1.54, 1.807) is 0 Å². The highest BCUT2D eigenvalue weighted by Crippen LogP contribution is 2.27. The Morgan fingerprint density at radius 1 is 1.19 bits per heavy atom. The number of aromatic nitrogens is 1. The second-order valence-electron chi connectivity index (χ2n) is 6.07. The molecule has 0 fully saturated rings. The first kappa shape index (κ1) is 17.7. The quantitative estimate of drug-likeness (QED) is 0.694. The molecule has 9 heteroatoms. The number of halogens is 1. The van der Waals surface area contributed by atoms with Crippen LogP contribution < -0.4 is 21.9 Å². The van der Waals surface area contributed by atoms with E-state index in [2.05, 4.69) is 10.6 Å². The fraction of sp³-hybridized carbons (Fsp3) is 0.176. The molecule has 0 unspecified atom stereocenters. The molecule has 8 nitrogen and oxygen atoms in total. The van der Waals surface area contributed by atoms with Crippen molar-refractivity contribution < 1.29 is 14.4 Å². The molecule has 1 aromatic carbocycles. The summed E-state index contributed by atoms with van der Waals surface area (Å²) in [6.45, 7) is 3.63. The normalized spacial score (nSPS) is 12.9. The van der Waals surface area contributed by atoms with Crippen molar-refractivity contribution in [1.29, 1.82) is 0 Å². The van der Waals surface area contributed by atoms with Crippen molar-refractivity contribution in [3.8, 4) is 5.69 Å². The summed E-state index contributed by atoms with van der Waals surface area (Å²) in [5.74, 6) is -1.95. The summed E-state index contributed by atoms with van der Waals surface area (Å²) in [6.07, 6.45) is 0. The van der Waals surface area contributed by atoms with Crippen molar-refractivity contribution in [3.05, 3.63) is 56.3 Å². The van der Waals surface area contributed by atoms with E-state index in [1.165, 1.54) is 18.2 Å². The lowest BCUT2D eigenvalue weighted by Gasteiger charge is -2.15. The smallest absolute Gasteiger partial charge is 0.262 e. The number of hydrogen-bond donors (Lipinski definition) is 3. The lowest BCUT2D eigenvalue weighted by Crippen LogP contribution is -2.30. The average Bonchev–Trinajstić information content (AvgIpc) is 2.82. The topological polar surface area (TPSA) is 123 Å². The third-order valence-corrected chi connectivity index (χ3v) is 4.14. The average molecular weight is 375 g/mol. The van der Waals surface area contributed by atoms with Crippen LogP contribution in [0.1, 0.15) is 44.9 Å². The third-order valence-electron chi connectivity index (χ3n) is 3.82. The Balaban J connectivity index is 2.21. The minimum Gasteiger partial charge on any atom is -0.384 e. The standard InChI is InChI=1S/C17H15ClN4O4/c1-7(2)20-15(24)8-3-4-10(18)11(5-8)22-12(23)6-9-13(14(22)19)17(26)21-16(9)25/h3-7H,19H2,1-2H3,(H,20,24)(H,21,25,26). The van der Waals surface area contributed by atoms with Crippen molar-refractivity contribution in [2.45, 2.75) is 19.9 Å². The van der Waals surface area contributed by atoms with Gasteiger partial charge >= 0.3 is 0 Å². The fourth-order valence-electron chi connectivity index (χ4n) is 2.70. The zero-order valence-corrected chi connectivity index (χ0v) is 14.7. The van der Waals surface area contributed by atoms with Crippen LogP contribution in [0.4, 0.5) is 5.82 Å². The van der Waals surface area contributed by atoms with Crippen LogP contribution in [0.5, 0.6) is 0 Å². The van der Waals surface area contributed by atoms with Crippen LogP contribution in [0.3, 0.4) is 0 Å². The summed E-state index contributed by atoms with van der Waals surface area (Å²) in [5.41, 5.74) is 5.57. The number of rotatable bonds is 3. The molecule has 0 aliphatic carbocycles. The van der Waals surface area contributed by atoms with Gasteiger partial charge in [-0.2, -0.15) is 0 Å². The summed E-state index contributed by atoms with van der Waals surface area (Å²) in [6, 6.07) is 5.30. The highest BCUT2D eigenvalue weighted by molar-refractivity contribution is 6.32. The van der Waals surface area contributed by atoms with Gasteiger partial charge in [0.15, 0.2) is 0 Å². The predicted octanol–water partition coefficient (Wildman–Crippen LogP) is 1.09. The number of hydrogen-bond acceptors (Lipinski definition) is 5. The van der Waals surface area contributed by atoms with Gasteiger partial charge in [-0.3, -0.25) is 29.1 Å². The van der Waals surface area contributed by atoms with Crippen LogP contribution in [0.15, 0.2) is 29.1 Å². The maximum absolute atomic E-state index is 12.5. The van der Waals surface area contributed by atoms with E-state index in [-0.39, 0.29) is 45.2 Å². The first-order valence-electron chi connectivity index (χ1n) is 7.72. The number of carbonyl (C=O) groups is 3. The number of nitrogens with zero attached hydrogens (tertiary/aromatic N) is 1. The molecule has 2 aromatic rings. The molecule has 4 N–H and O–H groups in total. The second kappa shape index (κ2) is 6.30. The number of nitrogens with two attached hydrogens (primary N) is 1. The predicted molar refractivity (Wildman–Crippen MR) is 95.9 cm³/mol. The number of benzene rings is 1. The van der Waals surface area contributed by atoms with Gasteiger partial charge in [0.2, 0.25) is 0 Å². The molecule has 0 saturated carbocycles. The van der Waals surface area contributed by atoms with Gasteiger partial charge in [-0.25, -0.2) is 0 Å². The minimum absolute atomic E-state index is 0.0795. The van der Waals surface area contributed by atoms with Crippen molar-refractivity contribution in [3.63, 3.8) is 0 Å². The Labute approximate surface area is 152 Å². The molecule has 0 radical (unpaired) electrons. The monoisotopic (exact) mass is 374 g/mol. The van der Waals surface area contributed by atoms with E-state index < -0.39 is 17.4 Å². The van der Waals surface area contributed by atoms with E-state index in [0.717, 1.165) is 10.6 Å². The van der Waals surface area contributed by atoms with Crippen LogP contribution in [-0.4, -0.2) is 28.3 Å². The van der Waals surface area contributed by atoms with Gasteiger partial charge < -0.3 is 11.1 Å². The van der Waals surface area contributed by atoms with Gasteiger partial charge in [0.05, 0.1) is 21.8 Å². The van der Waals surface area contributed by atoms with Crippen LogP contribution in [0.2, 0.25) is 5.02 Å². The van der Waals surface area contributed by atoms with Crippen molar-refractivity contribution in [2.75, 3.05) is 5.73 Å². The molecule has 1 aromatic heterocycles. The number of carbonyl (C=O) groups excluding carboxylic acids is 3. The Morgan fingerprint density at radius 2 is 1.88 bits per heavy atom. The highest BCUT2D eigenvalue weighted by atomic mass is 35.5. The number of amides is 3. The molecule has 1 aliphatic rings. The van der Waals surface area contributed by atoms with Crippen molar-refractivity contribution >= 4 is 35.1 Å². The molecule has 0 saturated heterocycles. The van der Waals surface area contributed by atoms with Gasteiger partial charge in [0, 0.05) is 17.7 Å². The number of nitrogen functional groups attached to an aromatic ring is 1. The van der Waals surface area contributed by atoms with Crippen LogP contribution in [0, 0.1) is 0 Å². The summed E-state index contributed by atoms with van der Waals surface area (Å²) < 4.78 is 1.01. The minimum atomic E-state index is -0.693. The molecule has 0 atom stereocenters. The summed E-state index contributed by atoms with van der Waals surface area (Å²) in [7, 11) is 0. The number of fused-ring (bicyclic) bond motifs is 1. The first-order valence-corrected chi connectivity index (χ1v) is 8.10. The molecular weight excluding hydrogens is 360 g/mol. The third kappa shape index (κ3) is 2.84. The number of imide groups is 1. The molecule has 0 spiro atoms. The molecule has 3 rings (SSSR count). The van der Waals surface area contributed by atoms with Crippen LogP contribution >= 0.6 is 11.6 Å². The largest absolute Gasteiger partial charge is 0.384 e. The second-order valence-corrected chi connectivity index (χ2v) is 6.48. The number of anilines is 1. The van der Waals surface area contributed by atoms with Crippen molar-refractivity contribution in [2.24, 2.45) is 0 Å². The van der Waals surface area contributed by atoms with E-state index in [1.807, 2.05) is 13.8 Å². The van der Waals surface area contributed by atoms with Gasteiger partial charge in [-0.15, -0.1) is 0 Å². The zero-order valence-electron chi connectivity index (χ0n) is 13.9. The van der Waals surface area contributed by atoms with E-state index in [9.17, 15) is 19.2 Å². The highest BCUT2D eigenvalue weighted by Gasteiger charge is 2.32. The summed E-state index contributed by atoms with van der Waals surface area (Å²) in [4.78, 5) is 48.4. The summed E-state index contributed by atoms with van der Waals surface area (Å²) >= 11 is 6.19. The Hall–Kier alpha value is -3.13. The lowest BCUT2D eigenvalue weighted by molar-refractivity contribution is 0.0877. The molecule has 2 heterocycles. The number of pyridine rings is 1. The van der Waals surface area contributed by atoms with E-state index >= 15 is 0 Å². The zero-order chi connectivity index (χ0) is 19.2. The molecule has 0 bridgehead atoms. The molecule has 26 heavy (non-hydrogen) atoms. The maximum atomic E-state index is 12.5. The van der Waals surface area contributed by atoms with Crippen LogP contribution in [-0.2, 0) is 0 Å². The Bertz CT molecular complexity index is 1030. The van der Waals surface area contributed by atoms with Gasteiger partial charge in [0.25, 0.3) is 23.3 Å². The molecule has 1 aliphatic heterocycles. The maximum Gasteiger partial charge on any atom is 0.262 e. The van der Waals surface area contributed by atoms with Gasteiger partial charge in [-0.05, 0) is 32.0 Å². The first-order chi connectivity index (χ1) is 12.2. The molecule has 134 valence electrons. The van der Waals surface area contributed by atoms with E-state index in [0.29, 0.717) is 0 Å². The van der Waals surface area contributed by atoms with Crippen LogP contribution in [0.25, 0.3) is 5.69 Å².